The molecule has 0 fully saturated rings. The molecule has 0 aliphatic heterocycles. The zero-order valence-corrected chi connectivity index (χ0v) is 32.0. The van der Waals surface area contributed by atoms with Crippen molar-refractivity contribution in [3.05, 3.63) is 222 Å². The number of anilines is 3. The van der Waals surface area contributed by atoms with Crippen LogP contribution in [0.3, 0.4) is 0 Å². The Kier molecular flexibility index (Phi) is 6.81. The molecule has 0 amide bonds. The lowest BCUT2D eigenvalue weighted by molar-refractivity contribution is 0.662. The van der Waals surface area contributed by atoms with Crippen molar-refractivity contribution in [1.29, 1.82) is 0 Å². The van der Waals surface area contributed by atoms with Crippen LogP contribution in [0.1, 0.15) is 47.6 Å². The SMILES string of the molecule is CC1(C)c2cc3cc(C4c5ccccc5-c5ccccc54)ccc3cc2-c2cc3ccc(N(c4ccc5ccccc5c4)c4ccc5ccccc5c4)cc3cc21. The molecule has 0 unspecified atom stereocenters. The second-order valence-electron chi connectivity index (χ2n) is 16.6. The average molecular weight is 726 g/mol. The van der Waals surface area contributed by atoms with E-state index in [1.807, 2.05) is 0 Å². The zero-order valence-electron chi connectivity index (χ0n) is 32.0. The van der Waals surface area contributed by atoms with E-state index in [0.717, 1.165) is 17.1 Å². The molecule has 0 aromatic heterocycles. The lowest BCUT2D eigenvalue weighted by Crippen LogP contribution is -2.15. The van der Waals surface area contributed by atoms with E-state index in [1.165, 1.54) is 93.2 Å². The van der Waals surface area contributed by atoms with Crippen LogP contribution in [0.15, 0.2) is 194 Å². The van der Waals surface area contributed by atoms with Crippen molar-refractivity contribution in [3.63, 3.8) is 0 Å². The summed E-state index contributed by atoms with van der Waals surface area (Å²) in [4.78, 5) is 2.41. The first kappa shape index (κ1) is 32.3. The molecule has 10 aromatic rings. The third kappa shape index (κ3) is 4.89. The summed E-state index contributed by atoms with van der Waals surface area (Å²) in [6.45, 7) is 4.81. The van der Waals surface area contributed by atoms with E-state index >= 15 is 0 Å². The molecule has 57 heavy (non-hydrogen) atoms. The lowest BCUT2D eigenvalue weighted by atomic mass is 9.81. The minimum Gasteiger partial charge on any atom is -0.310 e. The highest BCUT2D eigenvalue weighted by molar-refractivity contribution is 6.01. The zero-order chi connectivity index (χ0) is 37.8. The Morgan fingerprint density at radius 1 is 0.333 bits per heavy atom. The van der Waals surface area contributed by atoms with Crippen molar-refractivity contribution in [2.75, 3.05) is 4.90 Å². The van der Waals surface area contributed by atoms with Crippen molar-refractivity contribution in [3.8, 4) is 22.3 Å². The normalized spacial score (nSPS) is 13.9. The molecule has 0 heterocycles. The minimum atomic E-state index is -0.151. The van der Waals surface area contributed by atoms with Crippen LogP contribution in [-0.2, 0) is 5.41 Å². The fourth-order valence-corrected chi connectivity index (χ4v) is 10.1. The van der Waals surface area contributed by atoms with Gasteiger partial charge in [0.05, 0.1) is 0 Å². The van der Waals surface area contributed by atoms with Gasteiger partial charge in [-0.3, -0.25) is 0 Å². The van der Waals surface area contributed by atoms with Gasteiger partial charge in [-0.15, -0.1) is 0 Å². The number of hydrogen-bond donors (Lipinski definition) is 0. The molecule has 1 nitrogen and oxygen atoms in total. The standard InChI is InChI=1S/C56H39N/c1-56(2)53-33-42-27-41(55-49-17-9-7-15-47(49)48-16-8-10-18-50(48)55)20-19-39(42)31-51(53)52-32-40-23-26-46(30-43(40)34-54(52)56)57(44-24-21-35-11-3-5-13-37(35)28-44)45-25-22-36-12-4-6-14-38(36)29-45/h3-34,55H,1-2H3. The molecule has 0 radical (unpaired) electrons. The number of hydrogen-bond acceptors (Lipinski definition) is 1. The second-order valence-corrected chi connectivity index (χ2v) is 16.6. The number of benzene rings is 10. The Labute approximate surface area is 333 Å². The number of fused-ring (bicyclic) bond motifs is 10. The van der Waals surface area contributed by atoms with Gasteiger partial charge in [-0.05, 0) is 154 Å². The predicted octanol–water partition coefficient (Wildman–Crippen LogP) is 15.2. The highest BCUT2D eigenvalue weighted by atomic mass is 15.1. The minimum absolute atomic E-state index is 0.151. The highest BCUT2D eigenvalue weighted by Gasteiger charge is 2.36. The molecule has 10 aromatic carbocycles. The van der Waals surface area contributed by atoms with Crippen molar-refractivity contribution in [2.24, 2.45) is 0 Å². The molecule has 0 N–H and O–H groups in total. The van der Waals surface area contributed by atoms with E-state index in [1.54, 1.807) is 0 Å². The lowest BCUT2D eigenvalue weighted by Gasteiger charge is -2.27. The Hall–Kier alpha value is -6.96. The summed E-state index contributed by atoms with van der Waals surface area (Å²) in [5.74, 6) is 0.239. The monoisotopic (exact) mass is 725 g/mol. The largest absolute Gasteiger partial charge is 0.310 e. The van der Waals surface area contributed by atoms with Crippen LogP contribution in [-0.4, -0.2) is 0 Å². The quantitative estimate of drug-likeness (QED) is 0.175. The molecule has 2 aliphatic rings. The molecule has 0 bridgehead atoms. The average Bonchev–Trinajstić information content (AvgIpc) is 3.69. The smallest absolute Gasteiger partial charge is 0.0468 e. The number of nitrogens with zero attached hydrogens (tertiary/aromatic N) is 1. The van der Waals surface area contributed by atoms with Gasteiger partial charge in [-0.25, -0.2) is 0 Å². The van der Waals surface area contributed by atoms with Crippen molar-refractivity contribution >= 4 is 60.2 Å². The van der Waals surface area contributed by atoms with Gasteiger partial charge in [0.1, 0.15) is 0 Å². The molecule has 12 rings (SSSR count). The first-order valence-electron chi connectivity index (χ1n) is 20.1. The summed E-state index contributed by atoms with van der Waals surface area (Å²) in [6.07, 6.45) is 0. The van der Waals surface area contributed by atoms with Crippen LogP contribution in [0.25, 0.3) is 65.3 Å². The van der Waals surface area contributed by atoms with Crippen molar-refractivity contribution < 1.29 is 0 Å². The summed E-state index contributed by atoms with van der Waals surface area (Å²) >= 11 is 0. The third-order valence-corrected chi connectivity index (χ3v) is 13.0. The summed E-state index contributed by atoms with van der Waals surface area (Å²) in [7, 11) is 0. The molecule has 0 spiro atoms. The van der Waals surface area contributed by atoms with Gasteiger partial charge in [0.15, 0.2) is 0 Å². The topological polar surface area (TPSA) is 3.24 Å². The maximum absolute atomic E-state index is 2.48. The van der Waals surface area contributed by atoms with Gasteiger partial charge in [0.2, 0.25) is 0 Å². The summed E-state index contributed by atoms with van der Waals surface area (Å²) < 4.78 is 0. The Morgan fingerprint density at radius 3 is 1.28 bits per heavy atom. The van der Waals surface area contributed by atoms with E-state index in [4.69, 9.17) is 0 Å². The first-order valence-corrected chi connectivity index (χ1v) is 20.1. The van der Waals surface area contributed by atoms with E-state index in [9.17, 15) is 0 Å². The van der Waals surface area contributed by atoms with E-state index in [0.29, 0.717) is 0 Å². The molecule has 0 saturated carbocycles. The van der Waals surface area contributed by atoms with Crippen molar-refractivity contribution in [1.82, 2.24) is 0 Å². The second kappa shape index (κ2) is 12.0. The molecule has 2 aliphatic carbocycles. The van der Waals surface area contributed by atoms with E-state index in [-0.39, 0.29) is 11.3 Å². The molecule has 0 atom stereocenters. The number of rotatable bonds is 4. The van der Waals surface area contributed by atoms with Crippen LogP contribution in [0.2, 0.25) is 0 Å². The third-order valence-electron chi connectivity index (χ3n) is 13.0. The molecular formula is C56H39N. The predicted molar refractivity (Wildman–Crippen MR) is 242 cm³/mol. The van der Waals surface area contributed by atoms with Gasteiger partial charge in [0.25, 0.3) is 0 Å². The fourth-order valence-electron chi connectivity index (χ4n) is 10.1. The van der Waals surface area contributed by atoms with Gasteiger partial charge in [0, 0.05) is 28.4 Å². The van der Waals surface area contributed by atoms with E-state index in [2.05, 4.69) is 213 Å². The summed E-state index contributed by atoms with van der Waals surface area (Å²) in [5.41, 5.74) is 15.7. The fraction of sp³-hybridized carbons (Fsp3) is 0.0714. The first-order chi connectivity index (χ1) is 28.0. The maximum Gasteiger partial charge on any atom is 0.0468 e. The van der Waals surface area contributed by atoms with Crippen LogP contribution in [0.4, 0.5) is 17.1 Å². The van der Waals surface area contributed by atoms with Crippen molar-refractivity contribution in [2.45, 2.75) is 25.2 Å². The highest BCUT2D eigenvalue weighted by Crippen LogP contribution is 2.53. The van der Waals surface area contributed by atoms with Crippen LogP contribution in [0.5, 0.6) is 0 Å². The summed E-state index contributed by atoms with van der Waals surface area (Å²) in [5, 5.41) is 10.1. The molecular weight excluding hydrogens is 687 g/mol. The van der Waals surface area contributed by atoms with Gasteiger partial charge < -0.3 is 4.90 Å². The Bertz CT molecular complexity index is 3170. The Morgan fingerprint density at radius 2 is 0.737 bits per heavy atom. The van der Waals surface area contributed by atoms with Crippen LogP contribution < -0.4 is 4.90 Å². The Balaban J connectivity index is 0.974. The molecule has 268 valence electrons. The van der Waals surface area contributed by atoms with E-state index < -0.39 is 0 Å². The molecule has 1 heteroatoms. The van der Waals surface area contributed by atoms with Gasteiger partial charge >= 0.3 is 0 Å². The van der Waals surface area contributed by atoms with Gasteiger partial charge in [-0.1, -0.05) is 147 Å². The summed E-state index contributed by atoms with van der Waals surface area (Å²) in [6, 6.07) is 72.7. The van der Waals surface area contributed by atoms with Gasteiger partial charge in [-0.2, -0.15) is 0 Å². The van der Waals surface area contributed by atoms with Crippen LogP contribution >= 0.6 is 0 Å². The molecule has 0 saturated heterocycles. The van der Waals surface area contributed by atoms with Crippen LogP contribution in [0, 0.1) is 0 Å². The maximum atomic E-state index is 2.48.